The van der Waals surface area contributed by atoms with Crippen LogP contribution in [0.4, 0.5) is 5.69 Å². The van der Waals surface area contributed by atoms with Crippen LogP contribution >= 0.6 is 11.3 Å². The Hall–Kier alpha value is -2.14. The molecular weight excluding hydrogens is 272 g/mol. The van der Waals surface area contributed by atoms with Crippen LogP contribution in [0.5, 0.6) is 0 Å². The third kappa shape index (κ3) is 2.10. The number of carbonyl (C=O) groups is 1. The molecule has 4 rings (SSSR count). The Morgan fingerprint density at radius 1 is 1.35 bits per heavy atom. The van der Waals surface area contributed by atoms with Gasteiger partial charge in [0.25, 0.3) is 0 Å². The van der Waals surface area contributed by atoms with Gasteiger partial charge in [-0.15, -0.1) is 11.3 Å². The van der Waals surface area contributed by atoms with Gasteiger partial charge in [-0.1, -0.05) is 6.07 Å². The van der Waals surface area contributed by atoms with Gasteiger partial charge in [-0.05, 0) is 42.5 Å². The summed E-state index contributed by atoms with van der Waals surface area (Å²) in [6.45, 7) is 0. The summed E-state index contributed by atoms with van der Waals surface area (Å²) in [5, 5.41) is 4.91. The molecule has 100 valence electrons. The molecule has 0 unspecified atom stereocenters. The van der Waals surface area contributed by atoms with Crippen molar-refractivity contribution in [2.75, 3.05) is 5.32 Å². The summed E-state index contributed by atoms with van der Waals surface area (Å²) in [5.41, 5.74) is 2.28. The van der Waals surface area contributed by atoms with Gasteiger partial charge in [-0.25, -0.2) is 4.98 Å². The third-order valence-corrected chi connectivity index (χ3v) is 4.19. The number of hydrogen-bond acceptors (Lipinski definition) is 4. The zero-order valence-corrected chi connectivity index (χ0v) is 11.4. The van der Waals surface area contributed by atoms with E-state index in [1.165, 1.54) is 0 Å². The van der Waals surface area contributed by atoms with Crippen LogP contribution in [0.2, 0.25) is 0 Å². The number of fused-ring (bicyclic) bond motifs is 1. The first kappa shape index (κ1) is 11.7. The molecule has 1 fully saturated rings. The average Bonchev–Trinajstić information content (AvgIpc) is 3.00. The number of nitrogens with zero attached hydrogens (tertiary/aromatic N) is 1. The molecule has 0 saturated heterocycles. The number of benzene rings is 1. The van der Waals surface area contributed by atoms with Crippen molar-refractivity contribution >= 4 is 34.0 Å². The normalized spacial score (nSPS) is 14.6. The second-order valence-corrected chi connectivity index (χ2v) is 5.89. The van der Waals surface area contributed by atoms with Crippen molar-refractivity contribution in [3.63, 3.8) is 0 Å². The average molecular weight is 284 g/mol. The minimum Gasteiger partial charge on any atom is -0.435 e. The molecule has 2 aromatic heterocycles. The molecule has 0 aliphatic heterocycles. The first-order chi connectivity index (χ1) is 9.79. The largest absolute Gasteiger partial charge is 0.435 e. The van der Waals surface area contributed by atoms with E-state index in [1.54, 1.807) is 11.3 Å². The number of aromatic nitrogens is 1. The molecule has 1 aliphatic rings. The fourth-order valence-electron chi connectivity index (χ4n) is 2.10. The van der Waals surface area contributed by atoms with Crippen LogP contribution in [0.15, 0.2) is 40.1 Å². The lowest BCUT2D eigenvalue weighted by molar-refractivity contribution is -0.117. The molecule has 0 radical (unpaired) electrons. The van der Waals surface area contributed by atoms with Crippen LogP contribution in [0.25, 0.3) is 21.9 Å². The Kier molecular flexibility index (Phi) is 2.60. The highest BCUT2D eigenvalue weighted by Crippen LogP contribution is 2.31. The molecule has 1 aliphatic carbocycles. The predicted octanol–water partition coefficient (Wildman–Crippen LogP) is 3.90. The fraction of sp³-hybridized carbons (Fsp3) is 0.200. The van der Waals surface area contributed by atoms with Crippen molar-refractivity contribution in [3.05, 3.63) is 35.7 Å². The Bertz CT molecular complexity index is 772. The zero-order valence-electron chi connectivity index (χ0n) is 10.6. The Labute approximate surface area is 119 Å². The number of oxazole rings is 1. The first-order valence-electron chi connectivity index (χ1n) is 6.55. The van der Waals surface area contributed by atoms with Gasteiger partial charge < -0.3 is 9.73 Å². The van der Waals surface area contributed by atoms with Gasteiger partial charge in [-0.3, -0.25) is 4.79 Å². The summed E-state index contributed by atoms with van der Waals surface area (Å²) in [6, 6.07) is 9.51. The molecule has 0 atom stereocenters. The molecule has 5 heteroatoms. The van der Waals surface area contributed by atoms with Gasteiger partial charge >= 0.3 is 0 Å². The van der Waals surface area contributed by atoms with Crippen molar-refractivity contribution < 1.29 is 9.21 Å². The van der Waals surface area contributed by atoms with Gasteiger partial charge in [-0.2, -0.15) is 0 Å². The number of amides is 1. The number of nitrogens with one attached hydrogen (secondary N) is 1. The molecule has 1 aromatic carbocycles. The van der Waals surface area contributed by atoms with E-state index in [0.29, 0.717) is 5.89 Å². The Morgan fingerprint density at radius 3 is 3.00 bits per heavy atom. The van der Waals surface area contributed by atoms with E-state index in [4.69, 9.17) is 4.42 Å². The van der Waals surface area contributed by atoms with Crippen LogP contribution < -0.4 is 5.32 Å². The summed E-state index contributed by atoms with van der Waals surface area (Å²) in [4.78, 5) is 17.2. The highest BCUT2D eigenvalue weighted by Gasteiger charge is 2.29. The monoisotopic (exact) mass is 284 g/mol. The number of anilines is 1. The number of thiophene rings is 1. The molecular formula is C15H12N2O2S. The van der Waals surface area contributed by atoms with E-state index in [2.05, 4.69) is 10.3 Å². The summed E-state index contributed by atoms with van der Waals surface area (Å²) in [5.74, 6) is 0.927. The number of carbonyl (C=O) groups excluding carboxylic acids is 1. The topological polar surface area (TPSA) is 55.1 Å². The smallest absolute Gasteiger partial charge is 0.237 e. The van der Waals surface area contributed by atoms with Crippen molar-refractivity contribution in [2.24, 2.45) is 5.92 Å². The zero-order chi connectivity index (χ0) is 13.5. The molecule has 20 heavy (non-hydrogen) atoms. The summed E-state index contributed by atoms with van der Waals surface area (Å²) < 4.78 is 5.72. The van der Waals surface area contributed by atoms with Crippen LogP contribution in [-0.2, 0) is 4.79 Å². The molecule has 1 saturated carbocycles. The predicted molar refractivity (Wildman–Crippen MR) is 78.7 cm³/mol. The standard InChI is InChI=1S/C15H12N2O2S/c18-14(9-3-4-9)16-10-5-6-12-11(8-10)17-15(19-12)13-2-1-7-20-13/h1-2,5-9H,3-4H2,(H,16,18). The second kappa shape index (κ2) is 4.45. The van der Waals surface area contributed by atoms with Crippen LogP contribution in [-0.4, -0.2) is 10.9 Å². The number of rotatable bonds is 3. The second-order valence-electron chi connectivity index (χ2n) is 4.94. The Morgan fingerprint density at radius 2 is 2.25 bits per heavy atom. The number of hydrogen-bond donors (Lipinski definition) is 1. The Balaban J connectivity index is 1.66. The van der Waals surface area contributed by atoms with E-state index in [9.17, 15) is 4.79 Å². The van der Waals surface area contributed by atoms with Gasteiger partial charge in [0.2, 0.25) is 11.8 Å². The van der Waals surface area contributed by atoms with E-state index < -0.39 is 0 Å². The molecule has 2 heterocycles. The van der Waals surface area contributed by atoms with E-state index in [1.807, 2.05) is 35.7 Å². The quantitative estimate of drug-likeness (QED) is 0.793. The molecule has 1 N–H and O–H groups in total. The van der Waals surface area contributed by atoms with Crippen molar-refractivity contribution in [3.8, 4) is 10.8 Å². The van der Waals surface area contributed by atoms with E-state index in [-0.39, 0.29) is 11.8 Å². The maximum absolute atomic E-state index is 11.7. The van der Waals surface area contributed by atoms with Crippen LogP contribution in [0.1, 0.15) is 12.8 Å². The van der Waals surface area contributed by atoms with Gasteiger partial charge in [0, 0.05) is 11.6 Å². The maximum Gasteiger partial charge on any atom is 0.237 e. The molecule has 4 nitrogen and oxygen atoms in total. The van der Waals surface area contributed by atoms with Crippen molar-refractivity contribution in [1.29, 1.82) is 0 Å². The highest BCUT2D eigenvalue weighted by atomic mass is 32.1. The van der Waals surface area contributed by atoms with Gasteiger partial charge in [0.1, 0.15) is 5.52 Å². The van der Waals surface area contributed by atoms with E-state index >= 15 is 0 Å². The molecule has 3 aromatic rings. The highest BCUT2D eigenvalue weighted by molar-refractivity contribution is 7.13. The fourth-order valence-corrected chi connectivity index (χ4v) is 2.75. The van der Waals surface area contributed by atoms with Crippen molar-refractivity contribution in [2.45, 2.75) is 12.8 Å². The summed E-state index contributed by atoms with van der Waals surface area (Å²) >= 11 is 1.59. The summed E-state index contributed by atoms with van der Waals surface area (Å²) in [7, 11) is 0. The maximum atomic E-state index is 11.7. The minimum atomic E-state index is 0.103. The molecule has 0 spiro atoms. The molecule has 0 bridgehead atoms. The minimum absolute atomic E-state index is 0.103. The van der Waals surface area contributed by atoms with Crippen molar-refractivity contribution in [1.82, 2.24) is 4.98 Å². The lowest BCUT2D eigenvalue weighted by Crippen LogP contribution is -2.12. The van der Waals surface area contributed by atoms with Crippen LogP contribution in [0, 0.1) is 5.92 Å². The summed E-state index contributed by atoms with van der Waals surface area (Å²) in [6.07, 6.45) is 2.00. The van der Waals surface area contributed by atoms with E-state index in [0.717, 1.165) is 34.5 Å². The van der Waals surface area contributed by atoms with Gasteiger partial charge in [0.15, 0.2) is 5.58 Å². The SMILES string of the molecule is O=C(Nc1ccc2oc(-c3cccs3)nc2c1)C1CC1. The van der Waals surface area contributed by atoms with Crippen LogP contribution in [0.3, 0.4) is 0 Å². The van der Waals surface area contributed by atoms with Gasteiger partial charge in [0.05, 0.1) is 4.88 Å². The third-order valence-electron chi connectivity index (χ3n) is 3.34. The lowest BCUT2D eigenvalue weighted by Gasteiger charge is -2.02. The lowest BCUT2D eigenvalue weighted by atomic mass is 10.2. The first-order valence-corrected chi connectivity index (χ1v) is 7.43. The molecule has 1 amide bonds.